The van der Waals surface area contributed by atoms with E-state index in [-0.39, 0.29) is 19.5 Å². The van der Waals surface area contributed by atoms with E-state index in [9.17, 15) is 0 Å². The minimum Gasteiger partial charge on any atom is -0.328 e. The minimum absolute atomic E-state index is 0. The van der Waals surface area contributed by atoms with Crippen molar-refractivity contribution in [2.45, 2.75) is 0 Å². The molecule has 0 atom stereocenters. The zero-order chi connectivity index (χ0) is 10.7. The third-order valence-corrected chi connectivity index (χ3v) is 0. The van der Waals surface area contributed by atoms with Gasteiger partial charge in [-0.1, -0.05) is 0 Å². The van der Waals surface area contributed by atoms with Gasteiger partial charge in [0, 0.05) is 19.5 Å². The van der Waals surface area contributed by atoms with Gasteiger partial charge >= 0.3 is 0 Å². The van der Waals surface area contributed by atoms with Gasteiger partial charge in [-0.2, -0.15) is 0 Å². The molecule has 0 unspecified atom stereocenters. The van der Waals surface area contributed by atoms with Crippen LogP contribution in [0.25, 0.3) is 0 Å². The predicted molar refractivity (Wildman–Crippen MR) is 26.3 cm³/mol. The van der Waals surface area contributed by atoms with E-state index in [0.29, 0.717) is 0 Å². The molecular weight excluding hydrogens is 289 g/mol. The molecule has 13 heteroatoms. The van der Waals surface area contributed by atoms with E-state index >= 15 is 0 Å². The van der Waals surface area contributed by atoms with E-state index in [1.807, 2.05) is 0 Å². The van der Waals surface area contributed by atoms with Gasteiger partial charge in [-0.25, -0.2) is 0 Å². The van der Waals surface area contributed by atoms with Gasteiger partial charge in [-0.3, -0.25) is 0 Å². The van der Waals surface area contributed by atoms with Crippen LogP contribution in [-0.4, -0.2) is 30.9 Å². The molecule has 0 aromatic heterocycles. The van der Waals surface area contributed by atoms with E-state index < -0.39 is 15.3 Å². The maximum Gasteiger partial charge on any atom is 0.291 e. The molecule has 0 rings (SSSR count). The zero-order valence-electron chi connectivity index (χ0n) is 5.47. The molecule has 0 heterocycles. The van der Waals surface area contributed by atoms with Crippen molar-refractivity contribution in [1.82, 2.24) is 0 Å². The third-order valence-electron chi connectivity index (χ3n) is 0. The Morgan fingerprint density at radius 1 is 0.692 bits per heavy atom. The molecule has 0 saturated heterocycles. The summed E-state index contributed by atoms with van der Waals surface area (Å²) in [6, 6.07) is 0. The molecule has 0 aliphatic rings. The van der Waals surface area contributed by atoms with Crippen molar-refractivity contribution in [3.05, 3.63) is 30.3 Å². The molecule has 13 heavy (non-hydrogen) atoms. The van der Waals surface area contributed by atoms with Crippen LogP contribution in [-0.2, 0) is 19.5 Å². The fraction of sp³-hybridized carbons (Fsp3) is 0. The van der Waals surface area contributed by atoms with Crippen molar-refractivity contribution in [3.63, 3.8) is 0 Å². The van der Waals surface area contributed by atoms with Crippen molar-refractivity contribution in [2.75, 3.05) is 0 Å². The first-order valence-electron chi connectivity index (χ1n) is 1.70. The molecule has 0 aliphatic carbocycles. The van der Waals surface area contributed by atoms with Crippen LogP contribution in [0.3, 0.4) is 0 Å². The molecule has 0 fully saturated rings. The molecule has 3 N–H and O–H groups in total. The van der Waals surface area contributed by atoms with Crippen LogP contribution in [0.4, 0.5) is 0 Å². The predicted octanol–water partition coefficient (Wildman–Crippen LogP) is -1.05. The molecule has 0 aromatic carbocycles. The fourth-order valence-corrected chi connectivity index (χ4v) is 0. The van der Waals surface area contributed by atoms with Crippen molar-refractivity contribution >= 4 is 0 Å². The third kappa shape index (κ3) is 219. The smallest absolute Gasteiger partial charge is 0.291 e. The van der Waals surface area contributed by atoms with Crippen LogP contribution in [0.5, 0.6) is 0 Å². The van der Waals surface area contributed by atoms with Gasteiger partial charge in [0.1, 0.15) is 0 Å². The zero-order valence-corrected chi connectivity index (χ0v) is 7.10. The van der Waals surface area contributed by atoms with Gasteiger partial charge in [0.05, 0.1) is 0 Å². The van der Waals surface area contributed by atoms with Gasteiger partial charge in [0.25, 0.3) is 15.3 Å². The van der Waals surface area contributed by atoms with E-state index in [1.165, 1.54) is 0 Å². The molecule has 0 spiro atoms. The summed E-state index contributed by atoms with van der Waals surface area (Å²) in [5.74, 6) is 0. The Bertz CT molecular complexity index is 112. The molecule has 0 bridgehead atoms. The molecule has 0 aliphatic heterocycles. The van der Waals surface area contributed by atoms with Crippen molar-refractivity contribution in [1.29, 1.82) is 0 Å². The van der Waals surface area contributed by atoms with Crippen molar-refractivity contribution in [3.8, 4) is 0 Å². The van der Waals surface area contributed by atoms with Crippen LogP contribution < -0.4 is 0 Å². The van der Waals surface area contributed by atoms with Gasteiger partial charge in [0.15, 0.2) is 0 Å². The maximum absolute atomic E-state index is 8.36. The van der Waals surface area contributed by atoms with E-state index in [0.717, 1.165) is 0 Å². The first-order valence-corrected chi connectivity index (χ1v) is 1.70. The summed E-state index contributed by atoms with van der Waals surface area (Å²) < 4.78 is 0. The maximum atomic E-state index is 8.36. The van der Waals surface area contributed by atoms with Gasteiger partial charge in [-0.15, -0.1) is 30.3 Å². The Hall–Kier alpha value is -1.78. The Kier molecular flexibility index (Phi) is 28.8. The summed E-state index contributed by atoms with van der Waals surface area (Å²) in [6.07, 6.45) is 0. The van der Waals surface area contributed by atoms with Gasteiger partial charge in [0.2, 0.25) is 0 Å². The van der Waals surface area contributed by atoms with Gasteiger partial charge < -0.3 is 15.6 Å². The fourth-order valence-electron chi connectivity index (χ4n) is 0. The molecule has 1 radical (unpaired) electrons. The van der Waals surface area contributed by atoms with Crippen molar-refractivity contribution < 1.29 is 50.4 Å². The summed E-state index contributed by atoms with van der Waals surface area (Å²) in [7, 11) is 0. The molecule has 81 valence electrons. The largest absolute Gasteiger partial charge is 0.328 e. The summed E-state index contributed by atoms with van der Waals surface area (Å²) >= 11 is 0. The van der Waals surface area contributed by atoms with E-state index in [1.54, 1.807) is 0 Å². The first kappa shape index (κ1) is 22.5. The summed E-state index contributed by atoms with van der Waals surface area (Å²) in [4.78, 5) is 25.1. The molecule has 0 aromatic rings. The number of hydrogen-bond donors (Lipinski definition) is 3. The summed E-state index contributed by atoms with van der Waals surface area (Å²) in [5, 5.41) is 40.9. The van der Waals surface area contributed by atoms with Crippen LogP contribution in [0.1, 0.15) is 0 Å². The first-order chi connectivity index (χ1) is 5.20. The Morgan fingerprint density at radius 3 is 0.692 bits per heavy atom. The normalized spacial score (nSPS) is 5.54. The Labute approximate surface area is 81.5 Å². The van der Waals surface area contributed by atoms with Crippen LogP contribution in [0.2, 0.25) is 0 Å². The van der Waals surface area contributed by atoms with Crippen LogP contribution in [0.15, 0.2) is 0 Å². The van der Waals surface area contributed by atoms with E-state index in [4.69, 9.17) is 46.0 Å². The number of rotatable bonds is 0. The number of nitrogens with zero attached hydrogens (tertiary/aromatic N) is 3. The average molecular weight is 292 g/mol. The average Bonchev–Trinajstić information content (AvgIpc) is 1.54. The van der Waals surface area contributed by atoms with Crippen LogP contribution in [0, 0.1) is 30.3 Å². The second-order valence-electron chi connectivity index (χ2n) is 0.714. The summed E-state index contributed by atoms with van der Waals surface area (Å²) in [6.45, 7) is 0. The molecule has 0 saturated carbocycles. The summed E-state index contributed by atoms with van der Waals surface area (Å²) in [5.41, 5.74) is 0. The topological polar surface area (TPSA) is 190 Å². The second kappa shape index (κ2) is 16.7. The number of hydrogen-bond acceptors (Lipinski definition) is 6. The Morgan fingerprint density at radius 2 is 0.692 bits per heavy atom. The Balaban J connectivity index is -0.0000000450. The van der Waals surface area contributed by atoms with E-state index in [2.05, 4.69) is 0 Å². The van der Waals surface area contributed by atoms with Gasteiger partial charge in [-0.05, 0) is 0 Å². The minimum atomic E-state index is -1.50. The second-order valence-corrected chi connectivity index (χ2v) is 0.714. The molecular formula is H3N3O9Rh. The molecule has 0 amide bonds. The van der Waals surface area contributed by atoms with Crippen LogP contribution >= 0.6 is 0 Å². The SMILES string of the molecule is O=[N+]([O-])O.O=[N+]([O-])O.O=[N+]([O-])O.[Rh]. The standard InChI is InChI=1S/3HNO3.Rh/c3*2-1(3)4;/h3*(H,2,3,4);. The quantitative estimate of drug-likeness (QED) is 0.284. The molecule has 12 nitrogen and oxygen atoms in total. The monoisotopic (exact) mass is 292 g/mol. The van der Waals surface area contributed by atoms with Crippen molar-refractivity contribution in [2.24, 2.45) is 0 Å².